The Hall–Kier alpha value is -0.570. The summed E-state index contributed by atoms with van der Waals surface area (Å²) in [5, 5.41) is 9.87. The highest BCUT2D eigenvalue weighted by Crippen LogP contribution is 2.60. The van der Waals surface area contributed by atoms with Crippen LogP contribution < -0.4 is 0 Å². The first-order chi connectivity index (χ1) is 10.1. The van der Waals surface area contributed by atoms with Crippen molar-refractivity contribution in [1.29, 1.82) is 0 Å². The van der Waals surface area contributed by atoms with Crippen LogP contribution in [0.25, 0.3) is 0 Å². The number of aliphatic hydroxyl groups excluding tert-OH is 1. The van der Waals surface area contributed by atoms with Gasteiger partial charge in [-0.2, -0.15) is 0 Å². The zero-order chi connectivity index (χ0) is 14.6. The zero-order valence-electron chi connectivity index (χ0n) is 13.3. The van der Waals surface area contributed by atoms with Crippen LogP contribution in [0.15, 0.2) is 0 Å². The monoisotopic (exact) mass is 291 g/mol. The van der Waals surface area contributed by atoms with Gasteiger partial charge in [-0.15, -0.1) is 0 Å². The fourth-order valence-corrected chi connectivity index (χ4v) is 6.30. The number of amides is 1. The fourth-order valence-electron chi connectivity index (χ4n) is 6.30. The van der Waals surface area contributed by atoms with E-state index in [0.29, 0.717) is 5.91 Å². The topological polar surface area (TPSA) is 40.5 Å². The molecule has 1 amide bonds. The Labute approximate surface area is 128 Å². The molecule has 1 heterocycles. The Morgan fingerprint density at radius 3 is 2.24 bits per heavy atom. The van der Waals surface area contributed by atoms with E-state index >= 15 is 0 Å². The molecule has 1 N–H and O–H groups in total. The average Bonchev–Trinajstić information content (AvgIpc) is 2.45. The van der Waals surface area contributed by atoms with E-state index in [4.69, 9.17) is 0 Å². The highest BCUT2D eigenvalue weighted by Gasteiger charge is 2.55. The second-order valence-corrected chi connectivity index (χ2v) is 8.59. The van der Waals surface area contributed by atoms with Gasteiger partial charge in [-0.25, -0.2) is 0 Å². The van der Waals surface area contributed by atoms with Crippen molar-refractivity contribution in [2.24, 2.45) is 29.1 Å². The molecule has 4 saturated carbocycles. The van der Waals surface area contributed by atoms with Gasteiger partial charge in [0.15, 0.2) is 0 Å². The lowest BCUT2D eigenvalue weighted by molar-refractivity contribution is -0.160. The van der Waals surface area contributed by atoms with E-state index < -0.39 is 0 Å². The molecule has 1 saturated heterocycles. The molecule has 118 valence electrons. The van der Waals surface area contributed by atoms with E-state index in [9.17, 15) is 9.90 Å². The van der Waals surface area contributed by atoms with Gasteiger partial charge in [0.1, 0.15) is 0 Å². The first-order valence-electron chi connectivity index (χ1n) is 9.03. The van der Waals surface area contributed by atoms with Crippen molar-refractivity contribution in [3.05, 3.63) is 0 Å². The maximum absolute atomic E-state index is 13.3. The maximum Gasteiger partial charge on any atom is 0.228 e. The molecule has 0 aromatic heterocycles. The largest absolute Gasteiger partial charge is 0.393 e. The number of aliphatic hydroxyl groups is 1. The molecule has 4 aliphatic carbocycles. The van der Waals surface area contributed by atoms with E-state index in [-0.39, 0.29) is 17.4 Å². The van der Waals surface area contributed by atoms with Crippen LogP contribution >= 0.6 is 0 Å². The first kappa shape index (κ1) is 14.0. The summed E-state index contributed by atoms with van der Waals surface area (Å²) in [4.78, 5) is 15.4. The second-order valence-electron chi connectivity index (χ2n) is 8.59. The zero-order valence-corrected chi connectivity index (χ0v) is 13.3. The van der Waals surface area contributed by atoms with E-state index in [1.165, 1.54) is 19.3 Å². The van der Waals surface area contributed by atoms with Crippen LogP contribution in [0.2, 0.25) is 0 Å². The molecule has 0 spiro atoms. The minimum atomic E-state index is -0.281. The fraction of sp³-hybridized carbons (Fsp3) is 0.944. The molecule has 4 bridgehead atoms. The van der Waals surface area contributed by atoms with Gasteiger partial charge in [-0.3, -0.25) is 4.79 Å². The molecule has 3 nitrogen and oxygen atoms in total. The smallest absolute Gasteiger partial charge is 0.228 e. The van der Waals surface area contributed by atoms with Crippen LogP contribution in [0.5, 0.6) is 0 Å². The number of piperidine rings is 1. The third-order valence-corrected chi connectivity index (χ3v) is 6.92. The third kappa shape index (κ3) is 2.32. The lowest BCUT2D eigenvalue weighted by atomic mass is 9.49. The summed E-state index contributed by atoms with van der Waals surface area (Å²) >= 11 is 0. The van der Waals surface area contributed by atoms with E-state index in [1.807, 2.05) is 6.92 Å². The quantitative estimate of drug-likeness (QED) is 0.850. The molecule has 21 heavy (non-hydrogen) atoms. The number of carbonyl (C=O) groups is 1. The van der Waals surface area contributed by atoms with Gasteiger partial charge in [-0.05, 0) is 76.0 Å². The minimum Gasteiger partial charge on any atom is -0.393 e. The van der Waals surface area contributed by atoms with Gasteiger partial charge >= 0.3 is 0 Å². The Bertz CT molecular complexity index is 396. The van der Waals surface area contributed by atoms with Crippen LogP contribution in [0.3, 0.4) is 0 Å². The van der Waals surface area contributed by atoms with Gasteiger partial charge in [-0.1, -0.05) is 0 Å². The van der Waals surface area contributed by atoms with Crippen molar-refractivity contribution in [1.82, 2.24) is 4.90 Å². The first-order valence-corrected chi connectivity index (χ1v) is 9.03. The van der Waals surface area contributed by atoms with Gasteiger partial charge < -0.3 is 10.0 Å². The highest BCUT2D eigenvalue weighted by atomic mass is 16.3. The van der Waals surface area contributed by atoms with E-state index in [2.05, 4.69) is 4.90 Å². The van der Waals surface area contributed by atoms with E-state index in [1.54, 1.807) is 0 Å². The maximum atomic E-state index is 13.3. The number of carbonyl (C=O) groups excluding carboxylic acids is 1. The van der Waals surface area contributed by atoms with Crippen LogP contribution in [-0.2, 0) is 4.79 Å². The number of nitrogens with zero attached hydrogens (tertiary/aromatic N) is 1. The molecule has 0 aromatic carbocycles. The number of hydrogen-bond donors (Lipinski definition) is 1. The molecule has 5 aliphatic rings. The summed E-state index contributed by atoms with van der Waals surface area (Å²) < 4.78 is 0. The lowest BCUT2D eigenvalue weighted by Crippen LogP contribution is -2.56. The Balaban J connectivity index is 1.52. The van der Waals surface area contributed by atoms with E-state index in [0.717, 1.165) is 62.9 Å². The lowest BCUT2D eigenvalue weighted by Gasteiger charge is -2.57. The molecule has 3 heteroatoms. The van der Waals surface area contributed by atoms with Gasteiger partial charge in [0, 0.05) is 19.0 Å². The van der Waals surface area contributed by atoms with Crippen LogP contribution in [0, 0.1) is 29.1 Å². The number of rotatable bonds is 2. The van der Waals surface area contributed by atoms with Gasteiger partial charge in [0.2, 0.25) is 5.91 Å². The van der Waals surface area contributed by atoms with Gasteiger partial charge in [0.05, 0.1) is 11.5 Å². The SMILES string of the molecule is CC(O)C1CCCN(C(=O)C23CC4CC(CC(C4)C2)C3)C1. The molecule has 5 fully saturated rings. The summed E-state index contributed by atoms with van der Waals surface area (Å²) in [7, 11) is 0. The number of hydrogen-bond acceptors (Lipinski definition) is 2. The van der Waals surface area contributed by atoms with Crippen LogP contribution in [-0.4, -0.2) is 35.1 Å². The molecule has 2 atom stereocenters. The van der Waals surface area contributed by atoms with Crippen molar-refractivity contribution in [2.45, 2.75) is 64.4 Å². The summed E-state index contributed by atoms with van der Waals surface area (Å²) in [6.07, 6.45) is 9.51. The molecule has 0 radical (unpaired) electrons. The highest BCUT2D eigenvalue weighted by molar-refractivity contribution is 5.83. The summed E-state index contributed by atoms with van der Waals surface area (Å²) in [6.45, 7) is 3.59. The molecular formula is C18H29NO2. The third-order valence-electron chi connectivity index (χ3n) is 6.92. The summed E-state index contributed by atoms with van der Waals surface area (Å²) in [5.74, 6) is 3.23. The predicted molar refractivity (Wildman–Crippen MR) is 81.6 cm³/mol. The van der Waals surface area contributed by atoms with Gasteiger partial charge in [0.25, 0.3) is 0 Å². The normalized spacial score (nSPS) is 46.7. The minimum absolute atomic E-state index is 0.00463. The molecular weight excluding hydrogens is 262 g/mol. The van der Waals surface area contributed by atoms with Crippen molar-refractivity contribution < 1.29 is 9.90 Å². The molecule has 2 unspecified atom stereocenters. The van der Waals surface area contributed by atoms with Crippen molar-refractivity contribution in [3.63, 3.8) is 0 Å². The number of likely N-dealkylation sites (tertiary alicyclic amines) is 1. The summed E-state index contributed by atoms with van der Waals surface area (Å²) in [6, 6.07) is 0. The summed E-state index contributed by atoms with van der Waals surface area (Å²) in [5.41, 5.74) is -0.00463. The molecule has 0 aromatic rings. The Morgan fingerprint density at radius 2 is 1.71 bits per heavy atom. The average molecular weight is 291 g/mol. The van der Waals surface area contributed by atoms with Crippen LogP contribution in [0.4, 0.5) is 0 Å². The van der Waals surface area contributed by atoms with Crippen molar-refractivity contribution in [2.75, 3.05) is 13.1 Å². The standard InChI is InChI=1S/C18H29NO2/c1-12(20)16-3-2-4-19(11-16)17(21)18-8-13-5-14(9-18)7-15(6-13)10-18/h12-16,20H,2-11H2,1H3. The molecule has 1 aliphatic heterocycles. The van der Waals surface area contributed by atoms with Crippen molar-refractivity contribution >= 4 is 5.91 Å². The Kier molecular flexibility index (Phi) is 3.33. The van der Waals surface area contributed by atoms with Crippen LogP contribution in [0.1, 0.15) is 58.3 Å². The van der Waals surface area contributed by atoms with Crippen molar-refractivity contribution in [3.8, 4) is 0 Å². The predicted octanol–water partition coefficient (Wildman–Crippen LogP) is 2.82. The second kappa shape index (κ2) is 4.97. The Morgan fingerprint density at radius 1 is 1.14 bits per heavy atom. The molecule has 5 rings (SSSR count).